The second kappa shape index (κ2) is 5.05. The molecule has 23 heavy (non-hydrogen) atoms. The number of hydrogen-bond donors (Lipinski definition) is 1. The fourth-order valence-corrected chi connectivity index (χ4v) is 2.98. The minimum absolute atomic E-state index is 0.155. The number of anilines is 2. The van der Waals surface area contributed by atoms with Crippen LogP contribution in [0.3, 0.4) is 0 Å². The van der Waals surface area contributed by atoms with Crippen molar-refractivity contribution in [3.8, 4) is 0 Å². The number of rotatable bonds is 1. The van der Waals surface area contributed by atoms with E-state index in [0.717, 1.165) is 35.5 Å². The number of carbonyl (C=O) groups excluding carboxylic acids is 1. The lowest BCUT2D eigenvalue weighted by Gasteiger charge is -2.29. The maximum Gasteiger partial charge on any atom is 0.298 e. The first-order valence-electron chi connectivity index (χ1n) is 7.53. The van der Waals surface area contributed by atoms with E-state index in [1.54, 1.807) is 15.6 Å². The highest BCUT2D eigenvalue weighted by molar-refractivity contribution is 6.05. The normalized spacial score (nSPS) is 14.0. The van der Waals surface area contributed by atoms with Crippen molar-refractivity contribution in [1.29, 1.82) is 0 Å². The van der Waals surface area contributed by atoms with Gasteiger partial charge in [-0.1, -0.05) is 6.07 Å². The molecule has 3 aromatic rings. The number of fused-ring (bicyclic) bond motifs is 2. The van der Waals surface area contributed by atoms with Gasteiger partial charge in [0.25, 0.3) is 11.7 Å². The topological polar surface area (TPSA) is 89.4 Å². The summed E-state index contributed by atoms with van der Waals surface area (Å²) >= 11 is 0. The Morgan fingerprint density at radius 2 is 2.17 bits per heavy atom. The molecule has 1 aliphatic heterocycles. The zero-order chi connectivity index (χ0) is 16.0. The Balaban J connectivity index is 1.78. The van der Waals surface area contributed by atoms with E-state index in [1.807, 2.05) is 31.2 Å². The third-order valence-electron chi connectivity index (χ3n) is 4.15. The van der Waals surface area contributed by atoms with E-state index < -0.39 is 0 Å². The zero-order valence-electron chi connectivity index (χ0n) is 12.7. The standard InChI is InChI=1S/C16H16N6O/c1-10-7-8-18-16-19-14(20-22(10)16)15(23)21-9-3-4-11-12(17)5-2-6-13(11)21/h2,5-8H,3-4,9,17H2,1H3. The zero-order valence-corrected chi connectivity index (χ0v) is 12.7. The van der Waals surface area contributed by atoms with Crippen LogP contribution in [-0.2, 0) is 6.42 Å². The summed E-state index contributed by atoms with van der Waals surface area (Å²) < 4.78 is 1.58. The van der Waals surface area contributed by atoms with Crippen molar-refractivity contribution in [3.05, 3.63) is 47.5 Å². The van der Waals surface area contributed by atoms with Crippen LogP contribution in [0.4, 0.5) is 11.4 Å². The lowest BCUT2D eigenvalue weighted by molar-refractivity contribution is 0.0975. The van der Waals surface area contributed by atoms with E-state index >= 15 is 0 Å². The van der Waals surface area contributed by atoms with Crippen LogP contribution in [0.25, 0.3) is 5.78 Å². The van der Waals surface area contributed by atoms with E-state index in [4.69, 9.17) is 5.73 Å². The molecule has 1 amide bonds. The first-order chi connectivity index (χ1) is 11.1. The third-order valence-corrected chi connectivity index (χ3v) is 4.15. The molecule has 1 aromatic carbocycles. The highest BCUT2D eigenvalue weighted by Crippen LogP contribution is 2.31. The number of aromatic nitrogens is 4. The lowest BCUT2D eigenvalue weighted by Crippen LogP contribution is -2.36. The molecule has 4 rings (SSSR count). The molecule has 2 N–H and O–H groups in total. The molecule has 0 saturated heterocycles. The fourth-order valence-electron chi connectivity index (χ4n) is 2.98. The Labute approximate surface area is 132 Å². The van der Waals surface area contributed by atoms with E-state index in [9.17, 15) is 4.79 Å². The Morgan fingerprint density at radius 1 is 1.30 bits per heavy atom. The second-order valence-electron chi connectivity index (χ2n) is 5.64. The molecule has 0 bridgehead atoms. The molecule has 1 aliphatic rings. The number of nitrogens with zero attached hydrogens (tertiary/aromatic N) is 5. The van der Waals surface area contributed by atoms with Crippen molar-refractivity contribution in [2.75, 3.05) is 17.2 Å². The van der Waals surface area contributed by atoms with Crippen molar-refractivity contribution in [2.45, 2.75) is 19.8 Å². The van der Waals surface area contributed by atoms with Gasteiger partial charge >= 0.3 is 0 Å². The Kier molecular flexibility index (Phi) is 3.00. The first-order valence-corrected chi connectivity index (χ1v) is 7.53. The van der Waals surface area contributed by atoms with E-state index in [-0.39, 0.29) is 11.7 Å². The molecule has 0 saturated carbocycles. The first kappa shape index (κ1) is 13.7. The molecule has 0 spiro atoms. The van der Waals surface area contributed by atoms with Gasteiger partial charge in [0.1, 0.15) is 0 Å². The summed E-state index contributed by atoms with van der Waals surface area (Å²) in [5.74, 6) is 0.363. The quantitative estimate of drug-likeness (QED) is 0.690. The van der Waals surface area contributed by atoms with Crippen molar-refractivity contribution in [2.24, 2.45) is 0 Å². The van der Waals surface area contributed by atoms with Crippen LogP contribution in [0.2, 0.25) is 0 Å². The largest absolute Gasteiger partial charge is 0.398 e. The van der Waals surface area contributed by atoms with Crippen molar-refractivity contribution in [1.82, 2.24) is 19.6 Å². The number of benzene rings is 1. The maximum absolute atomic E-state index is 12.9. The molecule has 3 heterocycles. The Morgan fingerprint density at radius 3 is 3.00 bits per heavy atom. The second-order valence-corrected chi connectivity index (χ2v) is 5.64. The van der Waals surface area contributed by atoms with Crippen LogP contribution in [-0.4, -0.2) is 32.0 Å². The van der Waals surface area contributed by atoms with Crippen molar-refractivity contribution in [3.63, 3.8) is 0 Å². The smallest absolute Gasteiger partial charge is 0.298 e. The molecular formula is C16H16N6O. The molecular weight excluding hydrogens is 292 g/mol. The summed E-state index contributed by atoms with van der Waals surface area (Å²) in [7, 11) is 0. The fraction of sp³-hybridized carbons (Fsp3) is 0.250. The molecule has 2 aromatic heterocycles. The molecule has 0 atom stereocenters. The summed E-state index contributed by atoms with van der Waals surface area (Å²) in [4.78, 5) is 23.0. The van der Waals surface area contributed by atoms with Gasteiger partial charge in [-0.15, -0.1) is 5.10 Å². The van der Waals surface area contributed by atoms with Crippen molar-refractivity contribution < 1.29 is 4.79 Å². The predicted molar refractivity (Wildman–Crippen MR) is 86.4 cm³/mol. The molecule has 0 fully saturated rings. The number of nitrogen functional groups attached to an aromatic ring is 1. The maximum atomic E-state index is 12.9. The summed E-state index contributed by atoms with van der Waals surface area (Å²) in [5.41, 5.74) is 9.51. The molecule has 116 valence electrons. The van der Waals surface area contributed by atoms with Gasteiger partial charge in [-0.05, 0) is 43.5 Å². The number of amides is 1. The van der Waals surface area contributed by atoms with Crippen LogP contribution >= 0.6 is 0 Å². The van der Waals surface area contributed by atoms with Gasteiger partial charge in [0.2, 0.25) is 5.82 Å². The third kappa shape index (κ3) is 2.12. The SMILES string of the molecule is Cc1ccnc2nc(C(=O)N3CCCc4c(N)cccc43)nn12. The van der Waals surface area contributed by atoms with Gasteiger partial charge in [0.05, 0.1) is 0 Å². The van der Waals surface area contributed by atoms with Crippen LogP contribution in [0.5, 0.6) is 0 Å². The minimum atomic E-state index is -0.221. The van der Waals surface area contributed by atoms with Gasteiger partial charge < -0.3 is 10.6 Å². The summed E-state index contributed by atoms with van der Waals surface area (Å²) in [5, 5.41) is 4.30. The number of carbonyl (C=O) groups is 1. The van der Waals surface area contributed by atoms with Gasteiger partial charge in [-0.25, -0.2) is 9.50 Å². The lowest BCUT2D eigenvalue weighted by atomic mass is 10.00. The van der Waals surface area contributed by atoms with Crippen LogP contribution in [0.1, 0.15) is 28.3 Å². The minimum Gasteiger partial charge on any atom is -0.398 e. The molecule has 0 radical (unpaired) electrons. The Bertz CT molecular complexity index is 916. The van der Waals surface area contributed by atoms with E-state index in [2.05, 4.69) is 15.1 Å². The average molecular weight is 308 g/mol. The summed E-state index contributed by atoms with van der Waals surface area (Å²) in [6.45, 7) is 2.53. The number of hydrogen-bond acceptors (Lipinski definition) is 5. The van der Waals surface area contributed by atoms with Crippen molar-refractivity contribution >= 4 is 23.1 Å². The summed E-state index contributed by atoms with van der Waals surface area (Å²) in [6, 6.07) is 7.47. The van der Waals surface area contributed by atoms with Crippen LogP contribution in [0.15, 0.2) is 30.5 Å². The number of aryl methyl sites for hydroxylation is 1. The van der Waals surface area contributed by atoms with Crippen LogP contribution in [0, 0.1) is 6.92 Å². The van der Waals surface area contributed by atoms with Gasteiger partial charge in [0.15, 0.2) is 0 Å². The van der Waals surface area contributed by atoms with Crippen LogP contribution < -0.4 is 10.6 Å². The highest BCUT2D eigenvalue weighted by Gasteiger charge is 2.27. The van der Waals surface area contributed by atoms with Gasteiger partial charge in [0, 0.05) is 29.8 Å². The monoisotopic (exact) mass is 308 g/mol. The Hall–Kier alpha value is -2.96. The predicted octanol–water partition coefficient (Wildman–Crippen LogP) is 1.61. The molecule has 0 unspecified atom stereocenters. The molecule has 0 aliphatic carbocycles. The average Bonchev–Trinajstić information content (AvgIpc) is 3.00. The number of nitrogens with two attached hydrogens (primary N) is 1. The molecule has 7 nitrogen and oxygen atoms in total. The molecule has 7 heteroatoms. The highest BCUT2D eigenvalue weighted by atomic mass is 16.2. The van der Waals surface area contributed by atoms with Gasteiger partial charge in [-0.2, -0.15) is 4.98 Å². The van der Waals surface area contributed by atoms with E-state index in [0.29, 0.717) is 12.3 Å². The van der Waals surface area contributed by atoms with E-state index in [1.165, 1.54) is 0 Å². The summed E-state index contributed by atoms with van der Waals surface area (Å²) in [6.07, 6.45) is 3.41. The van der Waals surface area contributed by atoms with Gasteiger partial charge in [-0.3, -0.25) is 4.79 Å².